The van der Waals surface area contributed by atoms with Crippen molar-refractivity contribution in [2.45, 2.75) is 19.8 Å². The van der Waals surface area contributed by atoms with Crippen molar-refractivity contribution in [2.75, 3.05) is 53.9 Å². The molecule has 0 radical (unpaired) electrons. The summed E-state index contributed by atoms with van der Waals surface area (Å²) in [6, 6.07) is 0. The van der Waals surface area contributed by atoms with Crippen LogP contribution in [0.25, 0.3) is 0 Å². The van der Waals surface area contributed by atoms with Crippen molar-refractivity contribution in [1.82, 2.24) is 15.1 Å². The number of hydrogen-bond acceptors (Lipinski definition) is 3. The molecular formula is C12H27N3. The predicted octanol–water partition coefficient (Wildman–Crippen LogP) is 0.870. The normalized spacial score (nSPS) is 26.8. The summed E-state index contributed by atoms with van der Waals surface area (Å²) in [6.07, 6.45) is 2.64. The highest BCUT2D eigenvalue weighted by molar-refractivity contribution is 4.88. The topological polar surface area (TPSA) is 18.5 Å². The second-order valence-corrected chi connectivity index (χ2v) is 5.32. The molecule has 1 aliphatic rings. The van der Waals surface area contributed by atoms with Gasteiger partial charge in [0, 0.05) is 26.2 Å². The zero-order valence-electron chi connectivity index (χ0n) is 10.8. The molecule has 1 heterocycles. The Morgan fingerprint density at radius 1 is 1.20 bits per heavy atom. The highest BCUT2D eigenvalue weighted by Crippen LogP contribution is 2.29. The van der Waals surface area contributed by atoms with Crippen LogP contribution in [0.1, 0.15) is 19.8 Å². The van der Waals surface area contributed by atoms with Crippen LogP contribution in [0, 0.1) is 5.41 Å². The lowest BCUT2D eigenvalue weighted by Gasteiger charge is -2.32. The molecular weight excluding hydrogens is 186 g/mol. The Bertz CT molecular complexity index is 174. The predicted molar refractivity (Wildman–Crippen MR) is 66.3 cm³/mol. The molecule has 0 bridgehead atoms. The Balaban J connectivity index is 2.31. The molecule has 3 heteroatoms. The lowest BCUT2D eigenvalue weighted by molar-refractivity contribution is 0.174. The fourth-order valence-electron chi connectivity index (χ4n) is 2.37. The van der Waals surface area contributed by atoms with Crippen molar-refractivity contribution in [2.24, 2.45) is 5.41 Å². The van der Waals surface area contributed by atoms with Gasteiger partial charge in [-0.25, -0.2) is 0 Å². The molecule has 0 saturated carbocycles. The van der Waals surface area contributed by atoms with Gasteiger partial charge in [0.2, 0.25) is 0 Å². The van der Waals surface area contributed by atoms with Gasteiger partial charge in [-0.15, -0.1) is 0 Å². The maximum atomic E-state index is 3.50. The van der Waals surface area contributed by atoms with E-state index >= 15 is 0 Å². The monoisotopic (exact) mass is 213 g/mol. The molecule has 1 aliphatic heterocycles. The van der Waals surface area contributed by atoms with E-state index in [1.807, 2.05) is 0 Å². The van der Waals surface area contributed by atoms with Gasteiger partial charge in [0.15, 0.2) is 0 Å². The first-order valence-corrected chi connectivity index (χ1v) is 6.12. The molecule has 3 nitrogen and oxygen atoms in total. The largest absolute Gasteiger partial charge is 0.316 e. The molecule has 0 amide bonds. The van der Waals surface area contributed by atoms with E-state index in [9.17, 15) is 0 Å². The summed E-state index contributed by atoms with van der Waals surface area (Å²) in [5.41, 5.74) is 0.543. The molecule has 15 heavy (non-hydrogen) atoms. The second-order valence-electron chi connectivity index (χ2n) is 5.32. The zero-order chi connectivity index (χ0) is 11.3. The van der Waals surface area contributed by atoms with E-state index in [4.69, 9.17) is 0 Å². The quantitative estimate of drug-likeness (QED) is 0.706. The summed E-state index contributed by atoms with van der Waals surface area (Å²) < 4.78 is 0. The highest BCUT2D eigenvalue weighted by Gasteiger charge is 2.32. The molecule has 1 rings (SSSR count). The minimum atomic E-state index is 0.543. The van der Waals surface area contributed by atoms with Gasteiger partial charge in [-0.05, 0) is 45.9 Å². The minimum Gasteiger partial charge on any atom is -0.316 e. The first-order valence-electron chi connectivity index (χ1n) is 6.12. The van der Waals surface area contributed by atoms with Crippen LogP contribution in [0.15, 0.2) is 0 Å². The molecule has 1 saturated heterocycles. The van der Waals surface area contributed by atoms with Gasteiger partial charge >= 0.3 is 0 Å². The number of likely N-dealkylation sites (N-methyl/N-ethyl adjacent to an activating group) is 2. The maximum Gasteiger partial charge on any atom is 0.0106 e. The third-order valence-corrected chi connectivity index (χ3v) is 3.62. The molecule has 0 aromatic heterocycles. The summed E-state index contributed by atoms with van der Waals surface area (Å²) in [5, 5.41) is 3.50. The number of rotatable bonds is 6. The molecule has 90 valence electrons. The minimum absolute atomic E-state index is 0.543. The molecule has 1 atom stereocenters. The Kier molecular flexibility index (Phi) is 5.03. The molecule has 0 aromatic carbocycles. The summed E-state index contributed by atoms with van der Waals surface area (Å²) in [5.74, 6) is 0. The average molecular weight is 213 g/mol. The molecule has 1 fully saturated rings. The van der Waals surface area contributed by atoms with E-state index in [0.29, 0.717) is 5.41 Å². The van der Waals surface area contributed by atoms with Crippen molar-refractivity contribution in [1.29, 1.82) is 0 Å². The summed E-state index contributed by atoms with van der Waals surface area (Å²) in [7, 11) is 6.53. The van der Waals surface area contributed by atoms with Crippen molar-refractivity contribution < 1.29 is 0 Å². The van der Waals surface area contributed by atoms with E-state index in [0.717, 1.165) is 6.54 Å². The first kappa shape index (κ1) is 12.9. The third-order valence-electron chi connectivity index (χ3n) is 3.62. The Labute approximate surface area is 94.8 Å². The van der Waals surface area contributed by atoms with E-state index in [1.165, 1.54) is 39.0 Å². The molecule has 0 spiro atoms. The Morgan fingerprint density at radius 3 is 2.40 bits per heavy atom. The number of hydrogen-bond donors (Lipinski definition) is 1. The van der Waals surface area contributed by atoms with Gasteiger partial charge in [-0.3, -0.25) is 0 Å². The summed E-state index contributed by atoms with van der Waals surface area (Å²) >= 11 is 0. The summed E-state index contributed by atoms with van der Waals surface area (Å²) in [6.45, 7) is 8.31. The maximum absolute atomic E-state index is 3.50. The SMILES string of the molecule is CCC1(CN(C)CCN(C)C)CCNC1. The molecule has 1 unspecified atom stereocenters. The van der Waals surface area contributed by atoms with Crippen LogP contribution in [-0.2, 0) is 0 Å². The fourth-order valence-corrected chi connectivity index (χ4v) is 2.37. The van der Waals surface area contributed by atoms with Gasteiger partial charge in [0.1, 0.15) is 0 Å². The standard InChI is InChI=1S/C12H27N3/c1-5-12(6-7-13-10-12)11-15(4)9-8-14(2)3/h13H,5-11H2,1-4H3. The number of nitrogens with zero attached hydrogens (tertiary/aromatic N) is 2. The smallest absolute Gasteiger partial charge is 0.0106 e. The van der Waals surface area contributed by atoms with Gasteiger partial charge in [-0.2, -0.15) is 0 Å². The van der Waals surface area contributed by atoms with Gasteiger partial charge in [0.25, 0.3) is 0 Å². The Morgan fingerprint density at radius 2 is 1.93 bits per heavy atom. The second kappa shape index (κ2) is 5.83. The molecule has 1 N–H and O–H groups in total. The Hall–Kier alpha value is -0.120. The van der Waals surface area contributed by atoms with Crippen LogP contribution in [0.5, 0.6) is 0 Å². The van der Waals surface area contributed by atoms with Crippen LogP contribution < -0.4 is 5.32 Å². The van der Waals surface area contributed by atoms with Crippen molar-refractivity contribution in [3.8, 4) is 0 Å². The average Bonchev–Trinajstić information content (AvgIpc) is 2.64. The van der Waals surface area contributed by atoms with Crippen molar-refractivity contribution >= 4 is 0 Å². The molecule has 0 aliphatic carbocycles. The fraction of sp³-hybridized carbons (Fsp3) is 1.00. The zero-order valence-corrected chi connectivity index (χ0v) is 10.8. The lowest BCUT2D eigenvalue weighted by Crippen LogP contribution is -2.39. The highest BCUT2D eigenvalue weighted by atomic mass is 15.2. The van der Waals surface area contributed by atoms with E-state index in [-0.39, 0.29) is 0 Å². The third kappa shape index (κ3) is 4.09. The number of nitrogens with one attached hydrogen (secondary N) is 1. The van der Waals surface area contributed by atoms with Crippen molar-refractivity contribution in [3.63, 3.8) is 0 Å². The first-order chi connectivity index (χ1) is 7.08. The van der Waals surface area contributed by atoms with Gasteiger partial charge in [-0.1, -0.05) is 6.92 Å². The van der Waals surface area contributed by atoms with Crippen LogP contribution >= 0.6 is 0 Å². The van der Waals surface area contributed by atoms with Crippen LogP contribution in [0.4, 0.5) is 0 Å². The van der Waals surface area contributed by atoms with E-state index < -0.39 is 0 Å². The van der Waals surface area contributed by atoms with Gasteiger partial charge in [0.05, 0.1) is 0 Å². The van der Waals surface area contributed by atoms with Crippen LogP contribution in [0.3, 0.4) is 0 Å². The van der Waals surface area contributed by atoms with Crippen LogP contribution in [0.2, 0.25) is 0 Å². The van der Waals surface area contributed by atoms with E-state index in [2.05, 4.69) is 43.2 Å². The summed E-state index contributed by atoms with van der Waals surface area (Å²) in [4.78, 5) is 4.73. The van der Waals surface area contributed by atoms with Crippen molar-refractivity contribution in [3.05, 3.63) is 0 Å². The van der Waals surface area contributed by atoms with E-state index in [1.54, 1.807) is 0 Å². The lowest BCUT2D eigenvalue weighted by atomic mass is 9.84. The van der Waals surface area contributed by atoms with Gasteiger partial charge < -0.3 is 15.1 Å². The molecule has 0 aromatic rings. The van der Waals surface area contributed by atoms with Crippen LogP contribution in [-0.4, -0.2) is 63.7 Å².